The summed E-state index contributed by atoms with van der Waals surface area (Å²) in [4.78, 5) is 14.8. The average Bonchev–Trinajstić information content (AvgIpc) is 2.98. The molecule has 0 aliphatic carbocycles. The van der Waals surface area contributed by atoms with E-state index in [4.69, 9.17) is 0 Å². The summed E-state index contributed by atoms with van der Waals surface area (Å²) in [6.07, 6.45) is 0.870. The van der Waals surface area contributed by atoms with Gasteiger partial charge in [0.15, 0.2) is 0 Å². The van der Waals surface area contributed by atoms with Crippen molar-refractivity contribution in [3.8, 4) is 0 Å². The van der Waals surface area contributed by atoms with E-state index < -0.39 is 5.66 Å². The maximum Gasteiger partial charge on any atom is 0.262 e. The summed E-state index contributed by atoms with van der Waals surface area (Å²) in [5, 5.41) is 3.56. The highest BCUT2D eigenvalue weighted by molar-refractivity contribution is 7.99. The standard InChI is InChI=1S/C17H15FN2OS/c18-12-5-7-13(8-6-12)20-16(21)14-3-1-2-4-15(14)19-17(20)9-10-22-11-17/h1-8,19H,9-11H2/t17-/m1/s1. The van der Waals surface area contributed by atoms with Gasteiger partial charge < -0.3 is 5.32 Å². The summed E-state index contributed by atoms with van der Waals surface area (Å²) in [7, 11) is 0. The number of carbonyl (C=O) groups is 1. The van der Waals surface area contributed by atoms with Crippen LogP contribution >= 0.6 is 11.8 Å². The second kappa shape index (κ2) is 5.02. The first kappa shape index (κ1) is 13.6. The zero-order chi connectivity index (χ0) is 15.2. The minimum Gasteiger partial charge on any atom is -0.361 e. The molecule has 22 heavy (non-hydrogen) atoms. The third-order valence-corrected chi connectivity index (χ3v) is 5.42. The smallest absolute Gasteiger partial charge is 0.262 e. The highest BCUT2D eigenvalue weighted by atomic mass is 32.2. The third-order valence-electron chi connectivity index (χ3n) is 4.24. The number of fused-ring (bicyclic) bond motifs is 1. The van der Waals surface area contributed by atoms with E-state index in [2.05, 4.69) is 5.32 Å². The summed E-state index contributed by atoms with van der Waals surface area (Å²) >= 11 is 1.83. The van der Waals surface area contributed by atoms with E-state index in [0.717, 1.165) is 29.3 Å². The highest BCUT2D eigenvalue weighted by Gasteiger charge is 2.47. The molecule has 112 valence electrons. The number of thioether (sulfide) groups is 1. The quantitative estimate of drug-likeness (QED) is 0.870. The maximum atomic E-state index is 13.2. The molecule has 1 saturated heterocycles. The van der Waals surface area contributed by atoms with Gasteiger partial charge in [0, 0.05) is 17.1 Å². The van der Waals surface area contributed by atoms with Crippen LogP contribution in [0.2, 0.25) is 0 Å². The second-order valence-electron chi connectivity index (χ2n) is 5.62. The van der Waals surface area contributed by atoms with Crippen LogP contribution in [0.25, 0.3) is 0 Å². The number of hydrogen-bond donors (Lipinski definition) is 1. The predicted molar refractivity (Wildman–Crippen MR) is 87.9 cm³/mol. The number of benzene rings is 2. The normalized spacial score (nSPS) is 23.5. The third kappa shape index (κ3) is 2.00. The minimum absolute atomic E-state index is 0.0246. The van der Waals surface area contributed by atoms with Crippen molar-refractivity contribution in [3.05, 3.63) is 59.9 Å². The number of carbonyl (C=O) groups excluding carboxylic acids is 1. The molecular weight excluding hydrogens is 299 g/mol. The maximum absolute atomic E-state index is 13.2. The molecular formula is C17H15FN2OS. The van der Waals surface area contributed by atoms with Gasteiger partial charge in [0.25, 0.3) is 5.91 Å². The Labute approximate surface area is 132 Å². The molecule has 0 radical (unpaired) electrons. The number of rotatable bonds is 1. The van der Waals surface area contributed by atoms with Crippen molar-refractivity contribution < 1.29 is 9.18 Å². The molecule has 1 N–H and O–H groups in total. The first-order valence-corrected chi connectivity index (χ1v) is 8.40. The number of amides is 1. The fourth-order valence-electron chi connectivity index (χ4n) is 3.18. The lowest BCUT2D eigenvalue weighted by Gasteiger charge is -2.46. The van der Waals surface area contributed by atoms with Crippen molar-refractivity contribution in [2.24, 2.45) is 0 Å². The van der Waals surface area contributed by atoms with Crippen LogP contribution in [0, 0.1) is 5.82 Å². The fraction of sp³-hybridized carbons (Fsp3) is 0.235. The molecule has 0 unspecified atom stereocenters. The fourth-order valence-corrected chi connectivity index (χ4v) is 4.49. The van der Waals surface area contributed by atoms with E-state index in [1.807, 2.05) is 36.0 Å². The van der Waals surface area contributed by atoms with Gasteiger partial charge in [-0.25, -0.2) is 4.39 Å². The van der Waals surface area contributed by atoms with Crippen molar-refractivity contribution in [3.63, 3.8) is 0 Å². The van der Waals surface area contributed by atoms with Crippen molar-refractivity contribution in [1.29, 1.82) is 0 Å². The SMILES string of the molecule is O=C1c2ccccc2N[C@]2(CCSC2)N1c1ccc(F)cc1. The number of halogens is 1. The van der Waals surface area contributed by atoms with Gasteiger partial charge in [0.05, 0.1) is 5.56 Å². The Morgan fingerprint density at radius 3 is 2.64 bits per heavy atom. The van der Waals surface area contributed by atoms with Crippen LogP contribution in [0.3, 0.4) is 0 Å². The summed E-state index contributed by atoms with van der Waals surface area (Å²) in [6.45, 7) is 0. The zero-order valence-electron chi connectivity index (χ0n) is 11.9. The van der Waals surface area contributed by atoms with E-state index in [1.54, 1.807) is 17.0 Å². The Kier molecular flexibility index (Phi) is 3.11. The Balaban J connectivity index is 1.86. The lowest BCUT2D eigenvalue weighted by molar-refractivity contribution is 0.0959. The van der Waals surface area contributed by atoms with E-state index in [1.165, 1.54) is 12.1 Å². The van der Waals surface area contributed by atoms with Gasteiger partial charge in [-0.05, 0) is 48.6 Å². The van der Waals surface area contributed by atoms with Gasteiger partial charge in [-0.3, -0.25) is 9.69 Å². The van der Waals surface area contributed by atoms with E-state index in [0.29, 0.717) is 5.56 Å². The topological polar surface area (TPSA) is 32.3 Å². The average molecular weight is 314 g/mol. The molecule has 1 fully saturated rings. The van der Waals surface area contributed by atoms with Crippen molar-refractivity contribution in [1.82, 2.24) is 0 Å². The van der Waals surface area contributed by atoms with Crippen LogP contribution in [0.1, 0.15) is 16.8 Å². The van der Waals surface area contributed by atoms with Crippen LogP contribution in [0.4, 0.5) is 15.8 Å². The Morgan fingerprint density at radius 1 is 1.14 bits per heavy atom. The Morgan fingerprint density at radius 2 is 1.91 bits per heavy atom. The van der Waals surface area contributed by atoms with Gasteiger partial charge in [-0.1, -0.05) is 12.1 Å². The Bertz CT molecular complexity index is 726. The monoisotopic (exact) mass is 314 g/mol. The van der Waals surface area contributed by atoms with Crippen LogP contribution in [-0.4, -0.2) is 23.1 Å². The molecule has 2 aromatic carbocycles. The first-order chi connectivity index (χ1) is 10.7. The summed E-state index contributed by atoms with van der Waals surface area (Å²) in [5.41, 5.74) is 1.85. The Hall–Kier alpha value is -2.01. The molecule has 1 amide bonds. The molecule has 2 aromatic rings. The van der Waals surface area contributed by atoms with Crippen LogP contribution in [-0.2, 0) is 0 Å². The lowest BCUT2D eigenvalue weighted by Crippen LogP contribution is -2.60. The molecule has 0 aromatic heterocycles. The summed E-state index contributed by atoms with van der Waals surface area (Å²) < 4.78 is 13.2. The van der Waals surface area contributed by atoms with E-state index in [9.17, 15) is 9.18 Å². The lowest BCUT2D eigenvalue weighted by atomic mass is 9.97. The molecule has 0 bridgehead atoms. The molecule has 1 atom stereocenters. The van der Waals surface area contributed by atoms with Gasteiger partial charge >= 0.3 is 0 Å². The van der Waals surface area contributed by atoms with Crippen LogP contribution in [0.15, 0.2) is 48.5 Å². The molecule has 5 heteroatoms. The van der Waals surface area contributed by atoms with Gasteiger partial charge in [-0.15, -0.1) is 0 Å². The van der Waals surface area contributed by atoms with Gasteiger partial charge in [0.2, 0.25) is 0 Å². The molecule has 2 aliphatic heterocycles. The number of anilines is 2. The highest BCUT2D eigenvalue weighted by Crippen LogP contribution is 2.42. The summed E-state index contributed by atoms with van der Waals surface area (Å²) in [5.74, 6) is 1.50. The molecule has 2 heterocycles. The van der Waals surface area contributed by atoms with Gasteiger partial charge in [-0.2, -0.15) is 11.8 Å². The molecule has 4 rings (SSSR count). The minimum atomic E-state index is -0.423. The van der Waals surface area contributed by atoms with E-state index in [-0.39, 0.29) is 11.7 Å². The van der Waals surface area contributed by atoms with Crippen LogP contribution in [0.5, 0.6) is 0 Å². The van der Waals surface area contributed by atoms with Gasteiger partial charge in [0.1, 0.15) is 11.5 Å². The molecule has 2 aliphatic rings. The van der Waals surface area contributed by atoms with E-state index >= 15 is 0 Å². The number of hydrogen-bond acceptors (Lipinski definition) is 3. The second-order valence-corrected chi connectivity index (χ2v) is 6.73. The first-order valence-electron chi connectivity index (χ1n) is 7.25. The molecule has 0 saturated carbocycles. The molecule has 1 spiro atoms. The zero-order valence-corrected chi connectivity index (χ0v) is 12.7. The van der Waals surface area contributed by atoms with Crippen LogP contribution < -0.4 is 10.2 Å². The number of nitrogens with one attached hydrogen (secondary N) is 1. The number of nitrogens with zero attached hydrogens (tertiary/aromatic N) is 1. The summed E-state index contributed by atoms with van der Waals surface area (Å²) in [6, 6.07) is 13.7. The predicted octanol–water partition coefficient (Wildman–Crippen LogP) is 3.73. The molecule has 3 nitrogen and oxygen atoms in total. The van der Waals surface area contributed by atoms with Crippen molar-refractivity contribution >= 4 is 29.0 Å². The van der Waals surface area contributed by atoms with Crippen molar-refractivity contribution in [2.45, 2.75) is 12.1 Å². The van der Waals surface area contributed by atoms with Crippen molar-refractivity contribution in [2.75, 3.05) is 21.7 Å². The largest absolute Gasteiger partial charge is 0.361 e. The number of para-hydroxylation sites is 1.